The maximum atomic E-state index is 12.4. The second kappa shape index (κ2) is 12.0. The van der Waals surface area contributed by atoms with Gasteiger partial charge in [-0.25, -0.2) is 4.79 Å². The third kappa shape index (κ3) is 8.90. The Kier molecular flexibility index (Phi) is 10.9. The Balaban J connectivity index is 5.15. The molecule has 0 heterocycles. The summed E-state index contributed by atoms with van der Waals surface area (Å²) < 4.78 is 0. The molecule has 5 unspecified atom stereocenters. The van der Waals surface area contributed by atoms with Crippen molar-refractivity contribution < 1.29 is 34.2 Å². The maximum absolute atomic E-state index is 12.4. The molecule has 0 aliphatic heterocycles. The normalized spacial score (nSPS) is 16.1. The number of aliphatic carboxylic acids is 2. The minimum absolute atomic E-state index is 0.111. The predicted molar refractivity (Wildman–Crippen MR) is 104 cm³/mol. The Morgan fingerprint density at radius 1 is 0.862 bits per heavy atom. The first-order valence-corrected chi connectivity index (χ1v) is 9.43. The van der Waals surface area contributed by atoms with Crippen molar-refractivity contribution in [1.29, 1.82) is 0 Å². The van der Waals surface area contributed by atoms with Gasteiger partial charge in [0.1, 0.15) is 18.1 Å². The molecule has 0 saturated carbocycles. The van der Waals surface area contributed by atoms with Crippen LogP contribution in [0.1, 0.15) is 47.5 Å². The topological polar surface area (TPSA) is 188 Å². The molecule has 0 aromatic carbocycles. The first-order chi connectivity index (χ1) is 13.3. The summed E-state index contributed by atoms with van der Waals surface area (Å²) >= 11 is 0. The van der Waals surface area contributed by atoms with E-state index in [-0.39, 0.29) is 5.92 Å². The van der Waals surface area contributed by atoms with Crippen LogP contribution in [0, 0.1) is 11.8 Å². The van der Waals surface area contributed by atoms with Crippen molar-refractivity contribution >= 4 is 29.7 Å². The van der Waals surface area contributed by atoms with Crippen LogP contribution >= 0.6 is 0 Å². The Bertz CT molecular complexity index is 623. The molecule has 7 N–H and O–H groups in total. The molecule has 0 radical (unpaired) electrons. The van der Waals surface area contributed by atoms with E-state index in [4.69, 9.17) is 15.9 Å². The van der Waals surface area contributed by atoms with Crippen LogP contribution in [0.4, 0.5) is 0 Å². The molecular weight excluding hydrogens is 384 g/mol. The first kappa shape index (κ1) is 26.3. The van der Waals surface area contributed by atoms with Crippen LogP contribution in [0.5, 0.6) is 0 Å². The summed E-state index contributed by atoms with van der Waals surface area (Å²) in [5.41, 5.74) is 5.81. The Hall–Kier alpha value is -2.69. The number of nitrogens with two attached hydrogens (primary N) is 1. The van der Waals surface area contributed by atoms with Gasteiger partial charge in [0.15, 0.2) is 0 Å². The van der Waals surface area contributed by atoms with E-state index in [1.807, 2.05) is 6.92 Å². The lowest BCUT2D eigenvalue weighted by Gasteiger charge is -2.24. The lowest BCUT2D eigenvalue weighted by molar-refractivity contribution is -0.144. The van der Waals surface area contributed by atoms with Gasteiger partial charge in [0, 0.05) is 0 Å². The third-order valence-electron chi connectivity index (χ3n) is 4.55. The first-order valence-electron chi connectivity index (χ1n) is 9.43. The van der Waals surface area contributed by atoms with Crippen molar-refractivity contribution in [2.75, 3.05) is 0 Å². The maximum Gasteiger partial charge on any atom is 0.326 e. The number of rotatable bonds is 12. The number of carbonyl (C=O) groups excluding carboxylic acids is 3. The summed E-state index contributed by atoms with van der Waals surface area (Å²) in [6.45, 7) is 8.16. The van der Waals surface area contributed by atoms with Crippen LogP contribution in [0.25, 0.3) is 0 Å². The molecule has 0 fully saturated rings. The zero-order chi connectivity index (χ0) is 22.9. The number of hydrogen-bond donors (Lipinski definition) is 6. The Morgan fingerprint density at radius 2 is 1.41 bits per heavy atom. The van der Waals surface area contributed by atoms with E-state index in [1.165, 1.54) is 6.92 Å². The molecule has 29 heavy (non-hydrogen) atoms. The van der Waals surface area contributed by atoms with Crippen LogP contribution in [-0.4, -0.2) is 64.0 Å². The van der Waals surface area contributed by atoms with Gasteiger partial charge in [-0.2, -0.15) is 0 Å². The second-order valence-corrected chi connectivity index (χ2v) is 7.37. The van der Waals surface area contributed by atoms with Gasteiger partial charge in [-0.15, -0.1) is 0 Å². The lowest BCUT2D eigenvalue weighted by Crippen LogP contribution is -2.57. The summed E-state index contributed by atoms with van der Waals surface area (Å²) in [6, 6.07) is -4.66. The van der Waals surface area contributed by atoms with Crippen LogP contribution in [0.2, 0.25) is 0 Å². The van der Waals surface area contributed by atoms with Crippen LogP contribution in [0.15, 0.2) is 0 Å². The zero-order valence-electron chi connectivity index (χ0n) is 17.4. The molecule has 0 aliphatic carbocycles. The minimum atomic E-state index is -1.51. The highest BCUT2D eigenvalue weighted by Gasteiger charge is 2.31. The summed E-state index contributed by atoms with van der Waals surface area (Å²) in [6.07, 6.45) is -0.0916. The van der Waals surface area contributed by atoms with Crippen LogP contribution < -0.4 is 21.7 Å². The molecule has 0 aromatic rings. The van der Waals surface area contributed by atoms with Gasteiger partial charge in [-0.1, -0.05) is 34.1 Å². The molecule has 0 bridgehead atoms. The van der Waals surface area contributed by atoms with Crippen molar-refractivity contribution in [2.24, 2.45) is 17.6 Å². The van der Waals surface area contributed by atoms with Gasteiger partial charge >= 0.3 is 11.9 Å². The summed E-state index contributed by atoms with van der Waals surface area (Å²) in [5, 5.41) is 25.1. The molecule has 0 spiro atoms. The van der Waals surface area contributed by atoms with E-state index < -0.39 is 66.2 Å². The van der Waals surface area contributed by atoms with Crippen molar-refractivity contribution in [3.63, 3.8) is 0 Å². The fraction of sp³-hybridized carbons (Fsp3) is 0.722. The van der Waals surface area contributed by atoms with E-state index in [0.29, 0.717) is 6.42 Å². The molecule has 0 saturated heterocycles. The molecule has 0 aliphatic rings. The average Bonchev–Trinajstić information content (AvgIpc) is 2.62. The van der Waals surface area contributed by atoms with E-state index in [9.17, 15) is 24.0 Å². The highest BCUT2D eigenvalue weighted by atomic mass is 16.4. The number of hydrogen-bond acceptors (Lipinski definition) is 6. The van der Waals surface area contributed by atoms with Gasteiger partial charge in [0.05, 0.1) is 12.5 Å². The summed E-state index contributed by atoms with van der Waals surface area (Å²) in [5.74, 6) is -5.51. The molecular formula is C18H32N4O7. The fourth-order valence-electron chi connectivity index (χ4n) is 2.34. The van der Waals surface area contributed by atoms with Gasteiger partial charge in [0.2, 0.25) is 17.7 Å². The number of amides is 3. The Labute approximate surface area is 169 Å². The van der Waals surface area contributed by atoms with E-state index >= 15 is 0 Å². The van der Waals surface area contributed by atoms with E-state index in [0.717, 1.165) is 0 Å². The molecule has 3 amide bonds. The van der Waals surface area contributed by atoms with Gasteiger partial charge in [-0.05, 0) is 18.8 Å². The standard InChI is InChI=1S/C18H32N4O7/c1-6-9(4)13(19)17(27)20-10(5)15(25)21-11(7-12(23)24)16(26)22-14(8(2)3)18(28)29/h8-11,13-14H,6-7,19H2,1-5H3,(H,20,27)(H,21,25)(H,22,26)(H,23,24)(H,28,29). The average molecular weight is 416 g/mol. The SMILES string of the molecule is CCC(C)C(N)C(=O)NC(C)C(=O)NC(CC(=O)O)C(=O)NC(C(=O)O)C(C)C. The second-order valence-electron chi connectivity index (χ2n) is 7.37. The summed E-state index contributed by atoms with van der Waals surface area (Å²) in [7, 11) is 0. The molecule has 11 heteroatoms. The fourth-order valence-corrected chi connectivity index (χ4v) is 2.34. The van der Waals surface area contributed by atoms with Crippen molar-refractivity contribution in [3.8, 4) is 0 Å². The largest absolute Gasteiger partial charge is 0.481 e. The number of carboxylic acids is 2. The van der Waals surface area contributed by atoms with E-state index in [1.54, 1.807) is 20.8 Å². The van der Waals surface area contributed by atoms with E-state index in [2.05, 4.69) is 16.0 Å². The Morgan fingerprint density at radius 3 is 1.83 bits per heavy atom. The van der Waals surface area contributed by atoms with Crippen LogP contribution in [0.3, 0.4) is 0 Å². The van der Waals surface area contributed by atoms with Crippen LogP contribution in [-0.2, 0) is 24.0 Å². The van der Waals surface area contributed by atoms with Crippen molar-refractivity contribution in [1.82, 2.24) is 16.0 Å². The van der Waals surface area contributed by atoms with Gasteiger partial charge in [0.25, 0.3) is 0 Å². The molecule has 5 atom stereocenters. The van der Waals surface area contributed by atoms with Gasteiger partial charge in [-0.3, -0.25) is 19.2 Å². The lowest BCUT2D eigenvalue weighted by atomic mass is 9.99. The highest BCUT2D eigenvalue weighted by Crippen LogP contribution is 2.06. The monoisotopic (exact) mass is 416 g/mol. The molecule has 11 nitrogen and oxygen atoms in total. The molecule has 0 aromatic heterocycles. The quantitative estimate of drug-likeness (QED) is 0.235. The zero-order valence-corrected chi connectivity index (χ0v) is 17.4. The smallest absolute Gasteiger partial charge is 0.326 e. The highest BCUT2D eigenvalue weighted by molar-refractivity contribution is 5.95. The number of nitrogens with one attached hydrogen (secondary N) is 3. The minimum Gasteiger partial charge on any atom is -0.481 e. The number of carbonyl (C=O) groups is 5. The van der Waals surface area contributed by atoms with Crippen molar-refractivity contribution in [2.45, 2.75) is 71.6 Å². The van der Waals surface area contributed by atoms with Gasteiger partial charge < -0.3 is 31.9 Å². The molecule has 166 valence electrons. The molecule has 0 rings (SSSR count). The number of carboxylic acid groups (broad SMARTS) is 2. The van der Waals surface area contributed by atoms with Crippen molar-refractivity contribution in [3.05, 3.63) is 0 Å². The summed E-state index contributed by atoms with van der Waals surface area (Å²) in [4.78, 5) is 59.1. The predicted octanol–water partition coefficient (Wildman–Crippen LogP) is -0.951. The third-order valence-corrected chi connectivity index (χ3v) is 4.55.